The summed E-state index contributed by atoms with van der Waals surface area (Å²) in [7, 11) is 2.18. The van der Waals surface area contributed by atoms with Gasteiger partial charge in [-0.1, -0.05) is 13.8 Å². The SMILES string of the molecule is CN1CC(CC#N)N(C2CC2)CC(C)(C)C1. The van der Waals surface area contributed by atoms with Crippen molar-refractivity contribution in [2.45, 2.75) is 45.2 Å². The summed E-state index contributed by atoms with van der Waals surface area (Å²) in [6, 6.07) is 3.57. The molecule has 1 heterocycles. The van der Waals surface area contributed by atoms with Crippen molar-refractivity contribution in [3.63, 3.8) is 0 Å². The fourth-order valence-electron chi connectivity index (χ4n) is 3.05. The van der Waals surface area contributed by atoms with Crippen molar-refractivity contribution in [1.82, 2.24) is 9.80 Å². The third-order valence-corrected chi connectivity index (χ3v) is 3.64. The molecule has 0 spiro atoms. The highest BCUT2D eigenvalue weighted by atomic mass is 15.3. The molecule has 3 nitrogen and oxygen atoms in total. The minimum atomic E-state index is 0.349. The highest BCUT2D eigenvalue weighted by Crippen LogP contribution is 2.34. The molecule has 1 unspecified atom stereocenters. The molecule has 2 fully saturated rings. The van der Waals surface area contributed by atoms with Crippen LogP contribution in [0.2, 0.25) is 0 Å². The summed E-state index contributed by atoms with van der Waals surface area (Å²) >= 11 is 0. The molecular formula is C13H23N3. The Balaban J connectivity index is 2.12. The predicted molar refractivity (Wildman–Crippen MR) is 65.0 cm³/mol. The first kappa shape index (κ1) is 11.9. The van der Waals surface area contributed by atoms with Crippen molar-refractivity contribution in [3.05, 3.63) is 0 Å². The van der Waals surface area contributed by atoms with Gasteiger partial charge in [-0.3, -0.25) is 4.90 Å². The van der Waals surface area contributed by atoms with Crippen LogP contribution in [0.4, 0.5) is 0 Å². The van der Waals surface area contributed by atoms with Crippen molar-refractivity contribution in [1.29, 1.82) is 5.26 Å². The van der Waals surface area contributed by atoms with Crippen LogP contribution in [0.5, 0.6) is 0 Å². The van der Waals surface area contributed by atoms with Gasteiger partial charge in [0.05, 0.1) is 12.5 Å². The number of hydrogen-bond donors (Lipinski definition) is 0. The Labute approximate surface area is 99.0 Å². The molecule has 2 aliphatic rings. The van der Waals surface area contributed by atoms with Crippen molar-refractivity contribution < 1.29 is 0 Å². The zero-order valence-corrected chi connectivity index (χ0v) is 10.7. The van der Waals surface area contributed by atoms with Gasteiger partial charge in [-0.25, -0.2) is 0 Å². The minimum Gasteiger partial charge on any atom is -0.304 e. The van der Waals surface area contributed by atoms with Crippen LogP contribution in [0.1, 0.15) is 33.1 Å². The topological polar surface area (TPSA) is 30.3 Å². The molecule has 0 N–H and O–H groups in total. The standard InChI is InChI=1S/C13H23N3/c1-13(2)9-15(3)8-12(6-7-14)16(10-13)11-4-5-11/h11-12H,4-6,8-10H2,1-3H3. The molecule has 0 amide bonds. The fraction of sp³-hybridized carbons (Fsp3) is 0.923. The van der Waals surface area contributed by atoms with E-state index in [1.54, 1.807) is 0 Å². The molecule has 0 bridgehead atoms. The van der Waals surface area contributed by atoms with Crippen LogP contribution < -0.4 is 0 Å². The van der Waals surface area contributed by atoms with E-state index >= 15 is 0 Å². The van der Waals surface area contributed by atoms with E-state index in [1.807, 2.05) is 0 Å². The normalized spacial score (nSPS) is 32.0. The van der Waals surface area contributed by atoms with Crippen molar-refractivity contribution >= 4 is 0 Å². The lowest BCUT2D eigenvalue weighted by Gasteiger charge is -2.33. The van der Waals surface area contributed by atoms with Gasteiger partial charge in [0.15, 0.2) is 0 Å². The first-order valence-corrected chi connectivity index (χ1v) is 6.33. The quantitative estimate of drug-likeness (QED) is 0.711. The van der Waals surface area contributed by atoms with Crippen molar-refractivity contribution in [2.24, 2.45) is 5.41 Å². The highest BCUT2D eigenvalue weighted by Gasteiger charge is 2.40. The predicted octanol–water partition coefficient (Wildman–Crippen LogP) is 1.70. The average molecular weight is 221 g/mol. The summed E-state index contributed by atoms with van der Waals surface area (Å²) in [6.45, 7) is 8.02. The van der Waals surface area contributed by atoms with Gasteiger partial charge in [-0.2, -0.15) is 5.26 Å². The van der Waals surface area contributed by atoms with Crippen LogP contribution in [-0.2, 0) is 0 Å². The van der Waals surface area contributed by atoms with E-state index in [0.717, 1.165) is 25.7 Å². The Morgan fingerprint density at radius 1 is 1.31 bits per heavy atom. The summed E-state index contributed by atoms with van der Waals surface area (Å²) < 4.78 is 0. The van der Waals surface area contributed by atoms with Crippen LogP contribution in [0, 0.1) is 16.7 Å². The highest BCUT2D eigenvalue weighted by molar-refractivity contribution is 4.97. The molecule has 1 aliphatic heterocycles. The van der Waals surface area contributed by atoms with Gasteiger partial charge in [0.1, 0.15) is 0 Å². The van der Waals surface area contributed by atoms with E-state index in [4.69, 9.17) is 5.26 Å². The lowest BCUT2D eigenvalue weighted by atomic mass is 9.92. The van der Waals surface area contributed by atoms with Crippen LogP contribution in [-0.4, -0.2) is 48.6 Å². The second-order valence-electron chi connectivity index (χ2n) is 6.28. The number of hydrogen-bond acceptors (Lipinski definition) is 3. The zero-order valence-electron chi connectivity index (χ0n) is 10.7. The van der Waals surface area contributed by atoms with E-state index in [9.17, 15) is 0 Å². The maximum absolute atomic E-state index is 8.95. The third kappa shape index (κ3) is 2.75. The average Bonchev–Trinajstić information content (AvgIpc) is 2.94. The second kappa shape index (κ2) is 4.35. The van der Waals surface area contributed by atoms with E-state index < -0.39 is 0 Å². The summed E-state index contributed by atoms with van der Waals surface area (Å²) in [6.07, 6.45) is 3.35. The molecule has 16 heavy (non-hydrogen) atoms. The largest absolute Gasteiger partial charge is 0.304 e. The first-order chi connectivity index (χ1) is 7.52. The van der Waals surface area contributed by atoms with Gasteiger partial charge in [-0.05, 0) is 25.3 Å². The summed E-state index contributed by atoms with van der Waals surface area (Å²) in [4.78, 5) is 5.00. The molecule has 2 rings (SSSR count). The van der Waals surface area contributed by atoms with Crippen LogP contribution in [0.25, 0.3) is 0 Å². The fourth-order valence-corrected chi connectivity index (χ4v) is 3.05. The Morgan fingerprint density at radius 2 is 2.00 bits per heavy atom. The molecule has 3 heteroatoms. The van der Waals surface area contributed by atoms with Crippen molar-refractivity contribution in [3.8, 4) is 6.07 Å². The Kier molecular flexibility index (Phi) is 3.23. The molecule has 90 valence electrons. The van der Waals surface area contributed by atoms with Gasteiger partial charge >= 0.3 is 0 Å². The van der Waals surface area contributed by atoms with E-state index in [1.165, 1.54) is 12.8 Å². The molecule has 0 aromatic carbocycles. The summed E-state index contributed by atoms with van der Waals surface area (Å²) in [5.74, 6) is 0. The first-order valence-electron chi connectivity index (χ1n) is 6.33. The van der Waals surface area contributed by atoms with Crippen LogP contribution in [0.15, 0.2) is 0 Å². The zero-order chi connectivity index (χ0) is 11.8. The molecule has 1 saturated heterocycles. The molecule has 1 aliphatic carbocycles. The van der Waals surface area contributed by atoms with Crippen LogP contribution in [0.3, 0.4) is 0 Å². The van der Waals surface area contributed by atoms with Gasteiger partial charge in [-0.15, -0.1) is 0 Å². The van der Waals surface area contributed by atoms with Crippen molar-refractivity contribution in [2.75, 3.05) is 26.7 Å². The van der Waals surface area contributed by atoms with E-state index in [-0.39, 0.29) is 0 Å². The van der Waals surface area contributed by atoms with Crippen LogP contribution >= 0.6 is 0 Å². The molecule has 1 atom stereocenters. The second-order valence-corrected chi connectivity index (χ2v) is 6.28. The molecular weight excluding hydrogens is 198 g/mol. The number of likely N-dealkylation sites (N-methyl/N-ethyl adjacent to an activating group) is 1. The number of nitriles is 1. The number of nitrogens with zero attached hydrogens (tertiary/aromatic N) is 3. The monoisotopic (exact) mass is 221 g/mol. The maximum Gasteiger partial charge on any atom is 0.0638 e. The molecule has 0 aromatic heterocycles. The van der Waals surface area contributed by atoms with Gasteiger partial charge in [0.25, 0.3) is 0 Å². The molecule has 0 radical (unpaired) electrons. The van der Waals surface area contributed by atoms with E-state index in [2.05, 4.69) is 36.8 Å². The smallest absolute Gasteiger partial charge is 0.0638 e. The lowest BCUT2D eigenvalue weighted by molar-refractivity contribution is 0.149. The maximum atomic E-state index is 8.95. The lowest BCUT2D eigenvalue weighted by Crippen LogP contribution is -2.42. The molecule has 1 saturated carbocycles. The summed E-state index contributed by atoms with van der Waals surface area (Å²) in [5, 5.41) is 8.95. The Morgan fingerprint density at radius 3 is 2.56 bits per heavy atom. The number of rotatable bonds is 2. The minimum absolute atomic E-state index is 0.349. The van der Waals surface area contributed by atoms with Gasteiger partial charge in [0.2, 0.25) is 0 Å². The summed E-state index contributed by atoms with van der Waals surface area (Å²) in [5.41, 5.74) is 0.349. The molecule has 0 aromatic rings. The van der Waals surface area contributed by atoms with Gasteiger partial charge in [0, 0.05) is 31.7 Å². The van der Waals surface area contributed by atoms with E-state index in [0.29, 0.717) is 17.9 Å². The third-order valence-electron chi connectivity index (χ3n) is 3.64. The van der Waals surface area contributed by atoms with Gasteiger partial charge < -0.3 is 4.90 Å². The Bertz CT molecular complexity index is 288. The Hall–Kier alpha value is -0.590.